The molecule has 14 heavy (non-hydrogen) atoms. The molecule has 1 aromatic carbocycles. The molecule has 88 valence electrons. The number of aryl methyl sites for hydroxylation is 1. The van der Waals surface area contributed by atoms with Gasteiger partial charge in [0.2, 0.25) is 0 Å². The summed E-state index contributed by atoms with van der Waals surface area (Å²) in [5.74, 6) is 0. The van der Waals surface area contributed by atoms with Crippen LogP contribution in [0.15, 0.2) is 30.3 Å². The van der Waals surface area contributed by atoms with Gasteiger partial charge in [0, 0.05) is 113 Å². The van der Waals surface area contributed by atoms with Gasteiger partial charge >= 0.3 is 0 Å². The van der Waals surface area contributed by atoms with E-state index in [0.717, 1.165) is 0 Å². The van der Waals surface area contributed by atoms with E-state index >= 15 is 0 Å². The van der Waals surface area contributed by atoms with Gasteiger partial charge in [0.1, 0.15) is 0 Å². The van der Waals surface area contributed by atoms with E-state index in [4.69, 9.17) is 0 Å². The van der Waals surface area contributed by atoms with Gasteiger partial charge in [-0.05, 0) is 6.92 Å². The van der Waals surface area contributed by atoms with Crippen LogP contribution in [0, 0.1) is 120 Å². The quantitative estimate of drug-likeness (QED) is 0.668. The zero-order valence-corrected chi connectivity index (χ0v) is 11.6. The molecule has 0 aromatic heterocycles. The van der Waals surface area contributed by atoms with Crippen molar-refractivity contribution in [3.05, 3.63) is 35.9 Å². The molecule has 0 heterocycles. The first-order chi connectivity index (χ1) is 5.39. The molecular formula is C11H20Ar3. The van der Waals surface area contributed by atoms with Crippen molar-refractivity contribution in [2.24, 2.45) is 0 Å². The van der Waals surface area contributed by atoms with Gasteiger partial charge in [0.25, 0.3) is 0 Å². The molecule has 0 N–H and O–H groups in total. The molecule has 0 aliphatic carbocycles. The average molecular weight is 272 g/mol. The monoisotopic (exact) mass is 272 g/mol. The minimum atomic E-state index is 0. The Morgan fingerprint density at radius 2 is 0.929 bits per heavy atom. The van der Waals surface area contributed by atoms with E-state index in [0.29, 0.717) is 0 Å². The molecule has 0 saturated carbocycles. The fraction of sp³-hybridized carbons (Fsp3) is 0.455. The summed E-state index contributed by atoms with van der Waals surface area (Å²) in [7, 11) is 0. The van der Waals surface area contributed by atoms with Crippen molar-refractivity contribution >= 4 is 0 Å². The molecule has 0 nitrogen and oxygen atoms in total. The van der Waals surface area contributed by atoms with Crippen molar-refractivity contribution in [2.45, 2.75) is 34.6 Å². The normalized spacial score (nSPS) is 5.21. The molecule has 0 unspecified atom stereocenters. The van der Waals surface area contributed by atoms with Crippen LogP contribution in [0.4, 0.5) is 0 Å². The molecule has 3 heteroatoms. The molecule has 0 aliphatic heterocycles. The third-order valence-corrected chi connectivity index (χ3v) is 0.940. The van der Waals surface area contributed by atoms with Crippen LogP contribution in [0.5, 0.6) is 0 Å². The number of rotatable bonds is 0. The van der Waals surface area contributed by atoms with Crippen molar-refractivity contribution in [1.82, 2.24) is 0 Å². The Bertz CT molecular complexity index is 140. The van der Waals surface area contributed by atoms with Crippen molar-refractivity contribution < 1.29 is 113 Å². The SMILES string of the molecule is CC.CC.Cc1ccccc1.[Ar].[Ar].[Ar]. The maximum Gasteiger partial charge on any atom is 0 e. The van der Waals surface area contributed by atoms with Crippen LogP contribution in [0.25, 0.3) is 0 Å². The van der Waals surface area contributed by atoms with E-state index in [1.54, 1.807) is 0 Å². The summed E-state index contributed by atoms with van der Waals surface area (Å²) in [6, 6.07) is 10.3. The van der Waals surface area contributed by atoms with Gasteiger partial charge in [-0.3, -0.25) is 0 Å². The second-order valence-electron chi connectivity index (χ2n) is 1.65. The van der Waals surface area contributed by atoms with Crippen LogP contribution < -0.4 is 0 Å². The Morgan fingerprint density at radius 1 is 0.643 bits per heavy atom. The molecule has 0 fully saturated rings. The van der Waals surface area contributed by atoms with E-state index in [2.05, 4.69) is 19.1 Å². The van der Waals surface area contributed by atoms with Gasteiger partial charge in [-0.25, -0.2) is 0 Å². The molecule has 0 radical (unpaired) electrons. The zero-order valence-electron chi connectivity index (χ0n) is 9.45. The maximum absolute atomic E-state index is 2.08. The molecule has 0 bridgehead atoms. The van der Waals surface area contributed by atoms with Gasteiger partial charge < -0.3 is 0 Å². The maximum atomic E-state index is 2.08. The van der Waals surface area contributed by atoms with E-state index in [-0.39, 0.29) is 113 Å². The zero-order chi connectivity index (χ0) is 9.11. The minimum Gasteiger partial charge on any atom is -0.0683 e. The van der Waals surface area contributed by atoms with Crippen LogP contribution in [0.3, 0.4) is 0 Å². The van der Waals surface area contributed by atoms with Crippen molar-refractivity contribution in [2.75, 3.05) is 0 Å². The summed E-state index contributed by atoms with van der Waals surface area (Å²) in [4.78, 5) is 0. The molecule has 1 rings (SSSR count). The van der Waals surface area contributed by atoms with Crippen LogP contribution in [0.1, 0.15) is 33.3 Å². The molecule has 0 aliphatic rings. The molecule has 0 atom stereocenters. The smallest absolute Gasteiger partial charge is 0 e. The third-order valence-electron chi connectivity index (χ3n) is 0.940. The first-order valence-electron chi connectivity index (χ1n) is 4.41. The van der Waals surface area contributed by atoms with Gasteiger partial charge in [0.05, 0.1) is 0 Å². The Balaban J connectivity index is -0.0000000350. The Labute approximate surface area is 180 Å². The summed E-state index contributed by atoms with van der Waals surface area (Å²) in [5.41, 5.74) is 1.32. The van der Waals surface area contributed by atoms with Crippen molar-refractivity contribution in [3.8, 4) is 0 Å². The second-order valence-corrected chi connectivity index (χ2v) is 1.65. The van der Waals surface area contributed by atoms with Gasteiger partial charge in [0.15, 0.2) is 0 Å². The summed E-state index contributed by atoms with van der Waals surface area (Å²) in [6.07, 6.45) is 0. The number of hydrogen-bond acceptors (Lipinski definition) is 0. The van der Waals surface area contributed by atoms with Crippen LogP contribution in [0.2, 0.25) is 0 Å². The Morgan fingerprint density at radius 3 is 1.07 bits per heavy atom. The van der Waals surface area contributed by atoms with E-state index in [9.17, 15) is 0 Å². The predicted octanol–water partition coefficient (Wildman–Crippen LogP) is 4.05. The standard InChI is InChI=1S/C7H8.2C2H6.3Ar/c1-7-5-3-2-4-6-7;2*1-2;;;/h2-6H,1H3;2*1-2H3;;;. The first kappa shape index (κ1) is 30.2. The van der Waals surface area contributed by atoms with Crippen molar-refractivity contribution in [3.63, 3.8) is 0 Å². The summed E-state index contributed by atoms with van der Waals surface area (Å²) in [5, 5.41) is 0. The fourth-order valence-corrected chi connectivity index (χ4v) is 0.534. The van der Waals surface area contributed by atoms with Crippen LogP contribution in [-0.2, 0) is 0 Å². The van der Waals surface area contributed by atoms with Crippen LogP contribution in [-0.4, -0.2) is 0 Å². The second kappa shape index (κ2) is 29.8. The topological polar surface area (TPSA) is 0 Å². The molecule has 0 spiro atoms. The predicted molar refractivity (Wildman–Crippen MR) is 53.9 cm³/mol. The van der Waals surface area contributed by atoms with E-state index in [1.165, 1.54) is 5.56 Å². The fourth-order valence-electron chi connectivity index (χ4n) is 0.534. The molecule has 0 saturated heterocycles. The molecule has 0 amide bonds. The Hall–Kier alpha value is 3.00. The Kier molecular flexibility index (Phi) is 64.2. The number of benzene rings is 1. The number of hydrogen-bond donors (Lipinski definition) is 0. The first-order valence-corrected chi connectivity index (χ1v) is 4.41. The van der Waals surface area contributed by atoms with Gasteiger partial charge in [-0.1, -0.05) is 63.6 Å². The minimum absolute atomic E-state index is 0. The summed E-state index contributed by atoms with van der Waals surface area (Å²) >= 11 is 0. The molecular weight excluding hydrogens is 252 g/mol. The summed E-state index contributed by atoms with van der Waals surface area (Å²) in [6.45, 7) is 10.1. The van der Waals surface area contributed by atoms with Crippen molar-refractivity contribution in [1.29, 1.82) is 0 Å². The van der Waals surface area contributed by atoms with Gasteiger partial charge in [-0.2, -0.15) is 0 Å². The average Bonchev–Trinajstić information content (AvgIpc) is 2.13. The van der Waals surface area contributed by atoms with E-state index < -0.39 is 0 Å². The largest absolute Gasteiger partial charge is 0.0683 e. The third kappa shape index (κ3) is 24.3. The van der Waals surface area contributed by atoms with E-state index in [1.807, 2.05) is 45.9 Å². The molecule has 1 aromatic rings. The van der Waals surface area contributed by atoms with Gasteiger partial charge in [-0.15, -0.1) is 0 Å². The summed E-state index contributed by atoms with van der Waals surface area (Å²) < 4.78 is 0. The van der Waals surface area contributed by atoms with Crippen LogP contribution >= 0.6 is 0 Å².